The van der Waals surface area contributed by atoms with Gasteiger partial charge in [0.15, 0.2) is 0 Å². The molecule has 0 radical (unpaired) electrons. The summed E-state index contributed by atoms with van der Waals surface area (Å²) in [5, 5.41) is 0. The number of hydrogen-bond donors (Lipinski definition) is 0. The number of benzene rings is 3. The van der Waals surface area contributed by atoms with Gasteiger partial charge in [-0.05, 0) is 58.5 Å². The SMILES string of the molecule is COc1ccc(CN(Cc2ccc(OC)cc2)c2ccc(C(C)(C)C)c(Br)c2)cc1. The molecule has 0 fully saturated rings. The fraction of sp³-hybridized carbons (Fsp3) is 0.308. The summed E-state index contributed by atoms with van der Waals surface area (Å²) in [6, 6.07) is 23.2. The summed E-state index contributed by atoms with van der Waals surface area (Å²) in [5.74, 6) is 1.75. The lowest BCUT2D eigenvalue weighted by molar-refractivity contribution is 0.414. The van der Waals surface area contributed by atoms with E-state index < -0.39 is 0 Å². The van der Waals surface area contributed by atoms with Crippen LogP contribution in [-0.2, 0) is 18.5 Å². The summed E-state index contributed by atoms with van der Waals surface area (Å²) in [6.45, 7) is 8.31. The van der Waals surface area contributed by atoms with E-state index in [2.05, 4.69) is 84.1 Å². The molecule has 0 saturated heterocycles. The minimum atomic E-state index is 0.0914. The first-order valence-electron chi connectivity index (χ1n) is 10.1. The van der Waals surface area contributed by atoms with E-state index in [1.807, 2.05) is 24.3 Å². The van der Waals surface area contributed by atoms with Crippen LogP contribution in [0.2, 0.25) is 0 Å². The Labute approximate surface area is 188 Å². The van der Waals surface area contributed by atoms with Gasteiger partial charge in [-0.25, -0.2) is 0 Å². The number of rotatable bonds is 7. The fourth-order valence-corrected chi connectivity index (χ4v) is 4.41. The van der Waals surface area contributed by atoms with Gasteiger partial charge in [-0.2, -0.15) is 0 Å². The molecule has 3 nitrogen and oxygen atoms in total. The van der Waals surface area contributed by atoms with Gasteiger partial charge in [0.1, 0.15) is 11.5 Å². The molecular weight excluding hydrogens is 438 g/mol. The van der Waals surface area contributed by atoms with Crippen molar-refractivity contribution in [3.05, 3.63) is 87.9 Å². The number of anilines is 1. The second-order valence-electron chi connectivity index (χ2n) is 8.47. The minimum Gasteiger partial charge on any atom is -0.497 e. The van der Waals surface area contributed by atoms with Crippen LogP contribution in [-0.4, -0.2) is 14.2 Å². The van der Waals surface area contributed by atoms with Crippen LogP contribution in [0.25, 0.3) is 0 Å². The number of hydrogen-bond acceptors (Lipinski definition) is 3. The monoisotopic (exact) mass is 467 g/mol. The van der Waals surface area contributed by atoms with Gasteiger partial charge in [-0.1, -0.05) is 67.0 Å². The van der Waals surface area contributed by atoms with Crippen LogP contribution in [0.4, 0.5) is 5.69 Å². The van der Waals surface area contributed by atoms with Gasteiger partial charge in [0.25, 0.3) is 0 Å². The van der Waals surface area contributed by atoms with Crippen molar-refractivity contribution in [1.29, 1.82) is 0 Å². The molecule has 0 aromatic heterocycles. The summed E-state index contributed by atoms with van der Waals surface area (Å²) >= 11 is 3.80. The predicted molar refractivity (Wildman–Crippen MR) is 129 cm³/mol. The average molecular weight is 468 g/mol. The Morgan fingerprint density at radius 3 is 1.57 bits per heavy atom. The first-order valence-corrected chi connectivity index (χ1v) is 10.9. The van der Waals surface area contributed by atoms with Crippen LogP contribution in [0.5, 0.6) is 11.5 Å². The van der Waals surface area contributed by atoms with Crippen LogP contribution < -0.4 is 14.4 Å². The summed E-state index contributed by atoms with van der Waals surface area (Å²) in [4.78, 5) is 2.39. The molecule has 3 rings (SSSR count). The fourth-order valence-electron chi connectivity index (χ4n) is 3.45. The van der Waals surface area contributed by atoms with E-state index >= 15 is 0 Å². The molecule has 0 atom stereocenters. The van der Waals surface area contributed by atoms with Crippen molar-refractivity contribution in [2.75, 3.05) is 19.1 Å². The molecule has 0 aliphatic carbocycles. The normalized spacial score (nSPS) is 11.3. The first-order chi connectivity index (χ1) is 14.3. The largest absolute Gasteiger partial charge is 0.497 e. The van der Waals surface area contributed by atoms with Crippen LogP contribution >= 0.6 is 15.9 Å². The maximum absolute atomic E-state index is 5.31. The van der Waals surface area contributed by atoms with Crippen molar-refractivity contribution in [3.63, 3.8) is 0 Å². The van der Waals surface area contributed by atoms with Gasteiger partial charge < -0.3 is 14.4 Å². The zero-order valence-electron chi connectivity index (χ0n) is 18.4. The Kier molecular flexibility index (Phi) is 7.09. The summed E-state index contributed by atoms with van der Waals surface area (Å²) in [7, 11) is 3.39. The predicted octanol–water partition coefficient (Wildman–Crippen LogP) is 6.97. The third-order valence-corrected chi connectivity index (χ3v) is 5.85. The molecule has 30 heavy (non-hydrogen) atoms. The third kappa shape index (κ3) is 5.57. The Morgan fingerprint density at radius 1 is 0.733 bits per heavy atom. The van der Waals surface area contributed by atoms with Gasteiger partial charge in [-0.3, -0.25) is 0 Å². The molecule has 3 aromatic carbocycles. The zero-order chi connectivity index (χ0) is 21.7. The topological polar surface area (TPSA) is 21.7 Å². The summed E-state index contributed by atoms with van der Waals surface area (Å²) in [6.07, 6.45) is 0. The van der Waals surface area contributed by atoms with Crippen molar-refractivity contribution in [1.82, 2.24) is 0 Å². The number of methoxy groups -OCH3 is 2. The van der Waals surface area contributed by atoms with Crippen molar-refractivity contribution in [2.45, 2.75) is 39.3 Å². The van der Waals surface area contributed by atoms with Crippen LogP contribution in [0.1, 0.15) is 37.5 Å². The van der Waals surface area contributed by atoms with E-state index in [1.165, 1.54) is 22.4 Å². The standard InChI is InChI=1S/C26H30BrNO2/c1-26(2,3)24-15-10-21(16-25(24)27)28(17-19-6-11-22(29-4)12-7-19)18-20-8-13-23(30-5)14-9-20/h6-16H,17-18H2,1-5H3. The lowest BCUT2D eigenvalue weighted by atomic mass is 9.87. The lowest BCUT2D eigenvalue weighted by Gasteiger charge is -2.28. The van der Waals surface area contributed by atoms with Crippen molar-refractivity contribution in [2.24, 2.45) is 0 Å². The first kappa shape index (κ1) is 22.2. The van der Waals surface area contributed by atoms with E-state index in [1.54, 1.807) is 14.2 Å². The van der Waals surface area contributed by atoms with Crippen LogP contribution in [0, 0.1) is 0 Å². The van der Waals surface area contributed by atoms with Gasteiger partial charge in [-0.15, -0.1) is 0 Å². The molecular formula is C26H30BrNO2. The Morgan fingerprint density at radius 2 is 1.20 bits per heavy atom. The molecule has 0 amide bonds. The van der Waals surface area contributed by atoms with Crippen molar-refractivity contribution in [3.8, 4) is 11.5 Å². The molecule has 4 heteroatoms. The molecule has 0 heterocycles. The lowest BCUT2D eigenvalue weighted by Crippen LogP contribution is -2.22. The molecule has 3 aromatic rings. The van der Waals surface area contributed by atoms with Crippen molar-refractivity contribution >= 4 is 21.6 Å². The molecule has 0 saturated carbocycles. The highest BCUT2D eigenvalue weighted by Gasteiger charge is 2.18. The molecule has 0 bridgehead atoms. The summed E-state index contributed by atoms with van der Waals surface area (Å²) in [5.41, 5.74) is 5.05. The van der Waals surface area contributed by atoms with Gasteiger partial charge in [0, 0.05) is 23.2 Å². The minimum absolute atomic E-state index is 0.0914. The Hall–Kier alpha value is -2.46. The summed E-state index contributed by atoms with van der Waals surface area (Å²) < 4.78 is 11.8. The smallest absolute Gasteiger partial charge is 0.118 e. The molecule has 0 aliphatic heterocycles. The van der Waals surface area contributed by atoms with Crippen LogP contribution in [0.3, 0.4) is 0 Å². The Balaban J connectivity index is 1.92. The highest BCUT2D eigenvalue weighted by atomic mass is 79.9. The van der Waals surface area contributed by atoms with Crippen LogP contribution in [0.15, 0.2) is 71.2 Å². The van der Waals surface area contributed by atoms with E-state index in [4.69, 9.17) is 9.47 Å². The number of halogens is 1. The second-order valence-corrected chi connectivity index (χ2v) is 9.32. The zero-order valence-corrected chi connectivity index (χ0v) is 20.0. The van der Waals surface area contributed by atoms with Gasteiger partial charge in [0.2, 0.25) is 0 Å². The highest BCUT2D eigenvalue weighted by Crippen LogP contribution is 2.34. The van der Waals surface area contributed by atoms with E-state index in [-0.39, 0.29) is 5.41 Å². The van der Waals surface area contributed by atoms with E-state index in [0.717, 1.165) is 29.1 Å². The molecule has 158 valence electrons. The average Bonchev–Trinajstić information content (AvgIpc) is 2.73. The Bertz CT molecular complexity index is 910. The third-order valence-electron chi connectivity index (χ3n) is 5.19. The molecule has 0 spiro atoms. The van der Waals surface area contributed by atoms with Gasteiger partial charge in [0.05, 0.1) is 14.2 Å². The maximum atomic E-state index is 5.31. The quantitative estimate of drug-likeness (QED) is 0.374. The molecule has 0 unspecified atom stereocenters. The van der Waals surface area contributed by atoms with E-state index in [0.29, 0.717) is 0 Å². The van der Waals surface area contributed by atoms with Crippen molar-refractivity contribution < 1.29 is 9.47 Å². The number of ether oxygens (including phenoxy) is 2. The maximum Gasteiger partial charge on any atom is 0.118 e. The highest BCUT2D eigenvalue weighted by molar-refractivity contribution is 9.10. The van der Waals surface area contributed by atoms with Gasteiger partial charge >= 0.3 is 0 Å². The second kappa shape index (κ2) is 9.57. The van der Waals surface area contributed by atoms with E-state index in [9.17, 15) is 0 Å². The molecule has 0 N–H and O–H groups in total. The number of nitrogens with zero attached hydrogens (tertiary/aromatic N) is 1. The molecule has 0 aliphatic rings.